The van der Waals surface area contributed by atoms with Gasteiger partial charge in [-0.05, 0) is 57.5 Å². The van der Waals surface area contributed by atoms with Gasteiger partial charge in [0.15, 0.2) is 0 Å². The number of hydrogen-bond acceptors (Lipinski definition) is 3. The molecule has 19 heavy (non-hydrogen) atoms. The van der Waals surface area contributed by atoms with Crippen molar-refractivity contribution in [1.29, 1.82) is 0 Å². The molecule has 106 valence electrons. The number of nitrogens with one attached hydrogen (secondary N) is 1. The second-order valence-electron chi connectivity index (χ2n) is 5.55. The molecule has 0 radical (unpaired) electrons. The minimum atomic E-state index is 0.648. The molecule has 0 spiro atoms. The SMILES string of the molecule is CNC1CCCN(CCOc2cc(C)ccc2C)C1. The lowest BCUT2D eigenvalue weighted by Crippen LogP contribution is -2.45. The number of hydrogen-bond donors (Lipinski definition) is 1. The first-order valence-electron chi connectivity index (χ1n) is 7.28. The third-order valence-corrected chi connectivity index (χ3v) is 3.92. The van der Waals surface area contributed by atoms with Gasteiger partial charge in [-0.3, -0.25) is 4.90 Å². The minimum Gasteiger partial charge on any atom is -0.492 e. The highest BCUT2D eigenvalue weighted by molar-refractivity contribution is 5.35. The van der Waals surface area contributed by atoms with Crippen LogP contribution in [0.3, 0.4) is 0 Å². The molecule has 1 heterocycles. The maximum absolute atomic E-state index is 5.93. The van der Waals surface area contributed by atoms with Crippen LogP contribution in [0.5, 0.6) is 5.75 Å². The monoisotopic (exact) mass is 262 g/mol. The van der Waals surface area contributed by atoms with Crippen molar-refractivity contribution >= 4 is 0 Å². The van der Waals surface area contributed by atoms with E-state index in [1.165, 1.54) is 30.5 Å². The van der Waals surface area contributed by atoms with E-state index < -0.39 is 0 Å². The number of likely N-dealkylation sites (tertiary alicyclic amines) is 1. The fraction of sp³-hybridized carbons (Fsp3) is 0.625. The molecule has 1 aromatic rings. The first kappa shape index (κ1) is 14.4. The van der Waals surface area contributed by atoms with E-state index in [4.69, 9.17) is 4.74 Å². The summed E-state index contributed by atoms with van der Waals surface area (Å²) < 4.78 is 5.93. The van der Waals surface area contributed by atoms with Gasteiger partial charge in [0.1, 0.15) is 12.4 Å². The molecular weight excluding hydrogens is 236 g/mol. The van der Waals surface area contributed by atoms with E-state index in [1.54, 1.807) is 0 Å². The Hall–Kier alpha value is -1.06. The van der Waals surface area contributed by atoms with Crippen LogP contribution in [-0.2, 0) is 0 Å². The Morgan fingerprint density at radius 1 is 1.37 bits per heavy atom. The van der Waals surface area contributed by atoms with Crippen molar-refractivity contribution in [2.24, 2.45) is 0 Å². The van der Waals surface area contributed by atoms with E-state index in [-0.39, 0.29) is 0 Å². The highest BCUT2D eigenvalue weighted by atomic mass is 16.5. The van der Waals surface area contributed by atoms with Gasteiger partial charge in [-0.2, -0.15) is 0 Å². The van der Waals surface area contributed by atoms with Gasteiger partial charge in [0, 0.05) is 19.1 Å². The molecule has 0 aliphatic carbocycles. The van der Waals surface area contributed by atoms with Crippen molar-refractivity contribution in [3.63, 3.8) is 0 Å². The predicted octanol–water partition coefficient (Wildman–Crippen LogP) is 2.37. The summed E-state index contributed by atoms with van der Waals surface area (Å²) >= 11 is 0. The number of piperidine rings is 1. The predicted molar refractivity (Wildman–Crippen MR) is 79.9 cm³/mol. The molecule has 1 aliphatic heterocycles. The van der Waals surface area contributed by atoms with Crippen LogP contribution in [0, 0.1) is 13.8 Å². The second-order valence-corrected chi connectivity index (χ2v) is 5.55. The van der Waals surface area contributed by atoms with Crippen LogP contribution in [0.1, 0.15) is 24.0 Å². The molecule has 3 nitrogen and oxygen atoms in total. The van der Waals surface area contributed by atoms with E-state index in [0.717, 1.165) is 25.4 Å². The molecule has 1 unspecified atom stereocenters. The van der Waals surface area contributed by atoms with Gasteiger partial charge in [-0.15, -0.1) is 0 Å². The summed E-state index contributed by atoms with van der Waals surface area (Å²) in [4.78, 5) is 2.50. The molecular formula is C16H26N2O. The van der Waals surface area contributed by atoms with Gasteiger partial charge in [-0.1, -0.05) is 12.1 Å². The van der Waals surface area contributed by atoms with Gasteiger partial charge >= 0.3 is 0 Å². The van der Waals surface area contributed by atoms with Crippen molar-refractivity contribution < 1.29 is 4.74 Å². The fourth-order valence-electron chi connectivity index (χ4n) is 2.64. The van der Waals surface area contributed by atoms with Crippen LogP contribution in [0.25, 0.3) is 0 Å². The quantitative estimate of drug-likeness (QED) is 0.881. The van der Waals surface area contributed by atoms with Crippen LogP contribution in [0.2, 0.25) is 0 Å². The van der Waals surface area contributed by atoms with Crippen molar-refractivity contribution in [2.75, 3.05) is 33.3 Å². The minimum absolute atomic E-state index is 0.648. The van der Waals surface area contributed by atoms with E-state index in [0.29, 0.717) is 6.04 Å². The number of nitrogens with zero attached hydrogens (tertiary/aromatic N) is 1. The number of ether oxygens (including phenoxy) is 1. The lowest BCUT2D eigenvalue weighted by Gasteiger charge is -2.32. The number of aryl methyl sites for hydroxylation is 2. The van der Waals surface area contributed by atoms with Gasteiger partial charge in [-0.25, -0.2) is 0 Å². The van der Waals surface area contributed by atoms with Crippen molar-refractivity contribution in [3.05, 3.63) is 29.3 Å². The lowest BCUT2D eigenvalue weighted by atomic mass is 10.1. The van der Waals surface area contributed by atoms with Gasteiger partial charge in [0.25, 0.3) is 0 Å². The lowest BCUT2D eigenvalue weighted by molar-refractivity contribution is 0.162. The van der Waals surface area contributed by atoms with Crippen molar-refractivity contribution in [3.8, 4) is 5.75 Å². The van der Waals surface area contributed by atoms with Crippen molar-refractivity contribution in [1.82, 2.24) is 10.2 Å². The molecule has 0 aromatic heterocycles. The largest absolute Gasteiger partial charge is 0.492 e. The zero-order valence-corrected chi connectivity index (χ0v) is 12.4. The summed E-state index contributed by atoms with van der Waals surface area (Å²) in [6, 6.07) is 7.03. The summed E-state index contributed by atoms with van der Waals surface area (Å²) in [5.41, 5.74) is 2.48. The average Bonchev–Trinajstić information content (AvgIpc) is 2.43. The molecule has 1 fully saturated rings. The Balaban J connectivity index is 1.78. The first-order chi connectivity index (χ1) is 9.19. The number of rotatable bonds is 5. The Labute approximate surface area is 116 Å². The van der Waals surface area contributed by atoms with E-state index in [1.807, 2.05) is 0 Å². The number of likely N-dealkylation sites (N-methyl/N-ethyl adjacent to an activating group) is 1. The van der Waals surface area contributed by atoms with Crippen LogP contribution >= 0.6 is 0 Å². The highest BCUT2D eigenvalue weighted by Crippen LogP contribution is 2.19. The second kappa shape index (κ2) is 6.92. The van der Waals surface area contributed by atoms with Gasteiger partial charge in [0.2, 0.25) is 0 Å². The number of benzene rings is 1. The zero-order chi connectivity index (χ0) is 13.7. The Kier molecular flexibility index (Phi) is 5.23. The highest BCUT2D eigenvalue weighted by Gasteiger charge is 2.17. The Morgan fingerprint density at radius 3 is 3.00 bits per heavy atom. The molecule has 1 saturated heterocycles. The molecule has 1 aromatic carbocycles. The van der Waals surface area contributed by atoms with Crippen LogP contribution in [0.4, 0.5) is 0 Å². The van der Waals surface area contributed by atoms with Gasteiger partial charge in [0.05, 0.1) is 0 Å². The molecule has 0 saturated carbocycles. The normalized spacial score (nSPS) is 20.5. The molecule has 1 aliphatic rings. The first-order valence-corrected chi connectivity index (χ1v) is 7.28. The molecule has 1 N–H and O–H groups in total. The van der Waals surface area contributed by atoms with E-state index >= 15 is 0 Å². The maximum atomic E-state index is 5.93. The van der Waals surface area contributed by atoms with Crippen LogP contribution < -0.4 is 10.1 Å². The van der Waals surface area contributed by atoms with E-state index in [2.05, 4.69) is 49.3 Å². The van der Waals surface area contributed by atoms with Crippen LogP contribution in [0.15, 0.2) is 18.2 Å². The molecule has 2 rings (SSSR count). The summed E-state index contributed by atoms with van der Waals surface area (Å²) in [6.45, 7) is 8.36. The smallest absolute Gasteiger partial charge is 0.122 e. The molecule has 3 heteroatoms. The maximum Gasteiger partial charge on any atom is 0.122 e. The summed E-state index contributed by atoms with van der Waals surface area (Å²) in [5, 5.41) is 3.38. The standard InChI is InChI=1S/C16H26N2O/c1-13-6-7-14(2)16(11-13)19-10-9-18-8-4-5-15(12-18)17-3/h6-7,11,15,17H,4-5,8-10,12H2,1-3H3. The van der Waals surface area contributed by atoms with E-state index in [9.17, 15) is 0 Å². The fourth-order valence-corrected chi connectivity index (χ4v) is 2.64. The van der Waals surface area contributed by atoms with Crippen molar-refractivity contribution in [2.45, 2.75) is 32.7 Å². The molecule has 1 atom stereocenters. The van der Waals surface area contributed by atoms with Gasteiger partial charge < -0.3 is 10.1 Å². The molecule has 0 bridgehead atoms. The third-order valence-electron chi connectivity index (χ3n) is 3.92. The summed E-state index contributed by atoms with van der Waals surface area (Å²) in [5.74, 6) is 1.03. The zero-order valence-electron chi connectivity index (χ0n) is 12.4. The Morgan fingerprint density at radius 2 is 2.21 bits per heavy atom. The summed E-state index contributed by atoms with van der Waals surface area (Å²) in [7, 11) is 2.06. The van der Waals surface area contributed by atoms with Crippen LogP contribution in [-0.4, -0.2) is 44.2 Å². The topological polar surface area (TPSA) is 24.5 Å². The molecule has 0 amide bonds. The third kappa shape index (κ3) is 4.22. The summed E-state index contributed by atoms with van der Waals surface area (Å²) in [6.07, 6.45) is 2.58. The average molecular weight is 262 g/mol. The Bertz CT molecular complexity index is 406.